The van der Waals surface area contributed by atoms with E-state index in [1.165, 1.54) is 0 Å². The van der Waals surface area contributed by atoms with Gasteiger partial charge >= 0.3 is 0 Å². The Hall–Kier alpha value is -0.950. The molecule has 2 aromatic rings. The van der Waals surface area contributed by atoms with Crippen LogP contribution in [-0.4, -0.2) is 14.3 Å². The van der Waals surface area contributed by atoms with Crippen LogP contribution in [0.25, 0.3) is 0 Å². The Morgan fingerprint density at radius 2 is 2.00 bits per heavy atom. The summed E-state index contributed by atoms with van der Waals surface area (Å²) in [5.74, 6) is 0.685. The smallest absolute Gasteiger partial charge is 0.240 e. The zero-order valence-corrected chi connectivity index (χ0v) is 11.4. The molecule has 0 aliphatic heterocycles. The van der Waals surface area contributed by atoms with E-state index in [0.29, 0.717) is 26.7 Å². The highest BCUT2D eigenvalue weighted by atomic mass is 35.5. The fourth-order valence-electron chi connectivity index (χ4n) is 1.32. The number of benzene rings is 1. The summed E-state index contributed by atoms with van der Waals surface area (Å²) in [6.45, 7) is 0.145. The van der Waals surface area contributed by atoms with Gasteiger partial charge in [0.05, 0.1) is 38.0 Å². The van der Waals surface area contributed by atoms with Gasteiger partial charge < -0.3 is 10.3 Å². The lowest BCUT2D eigenvalue weighted by Gasteiger charge is -2.04. The standard InChI is InChI=1S/C10H9Cl2N3O2S/c11-6-2-1-3-7(12)10(6)18(16)5-8-14-9(4-13)17-15-8/h1-3H,4-5,13H2. The molecule has 0 saturated heterocycles. The monoisotopic (exact) mass is 305 g/mol. The first-order chi connectivity index (χ1) is 8.61. The molecule has 1 atom stereocenters. The summed E-state index contributed by atoms with van der Waals surface area (Å²) in [6.07, 6.45) is 0. The summed E-state index contributed by atoms with van der Waals surface area (Å²) in [7, 11) is -1.44. The lowest BCUT2D eigenvalue weighted by atomic mass is 10.4. The Morgan fingerprint density at radius 1 is 1.33 bits per heavy atom. The highest BCUT2D eigenvalue weighted by molar-refractivity contribution is 7.84. The van der Waals surface area contributed by atoms with Crippen molar-refractivity contribution in [3.05, 3.63) is 40.0 Å². The van der Waals surface area contributed by atoms with Crippen molar-refractivity contribution in [3.63, 3.8) is 0 Å². The molecule has 0 radical (unpaired) electrons. The van der Waals surface area contributed by atoms with E-state index in [2.05, 4.69) is 10.1 Å². The lowest BCUT2D eigenvalue weighted by molar-refractivity contribution is 0.376. The highest BCUT2D eigenvalue weighted by Gasteiger charge is 2.16. The van der Waals surface area contributed by atoms with Gasteiger partial charge in [-0.2, -0.15) is 4.98 Å². The van der Waals surface area contributed by atoms with Crippen LogP contribution in [0.1, 0.15) is 11.7 Å². The van der Waals surface area contributed by atoms with Gasteiger partial charge in [-0.1, -0.05) is 34.4 Å². The van der Waals surface area contributed by atoms with E-state index in [-0.39, 0.29) is 12.3 Å². The van der Waals surface area contributed by atoms with Crippen molar-refractivity contribution in [2.24, 2.45) is 5.73 Å². The van der Waals surface area contributed by atoms with E-state index in [0.717, 1.165) is 0 Å². The number of halogens is 2. The Bertz CT molecular complexity index is 568. The van der Waals surface area contributed by atoms with Crippen LogP contribution in [0.2, 0.25) is 10.0 Å². The summed E-state index contributed by atoms with van der Waals surface area (Å²) in [4.78, 5) is 4.35. The predicted octanol–water partition coefficient (Wildman–Crippen LogP) is 2.14. The maximum atomic E-state index is 12.1. The molecule has 5 nitrogen and oxygen atoms in total. The number of hydrogen-bond acceptors (Lipinski definition) is 5. The second kappa shape index (κ2) is 5.79. The average molecular weight is 306 g/mol. The van der Waals surface area contributed by atoms with E-state index >= 15 is 0 Å². The maximum absolute atomic E-state index is 12.1. The minimum Gasteiger partial charge on any atom is -0.338 e. The fourth-order valence-corrected chi connectivity index (χ4v) is 3.30. The molecule has 0 bridgehead atoms. The molecular formula is C10H9Cl2N3O2S. The van der Waals surface area contributed by atoms with Gasteiger partial charge in [-0.05, 0) is 12.1 Å². The summed E-state index contributed by atoms with van der Waals surface area (Å²) in [5, 5.41) is 4.37. The first-order valence-corrected chi connectivity index (χ1v) is 7.03. The zero-order valence-electron chi connectivity index (χ0n) is 9.10. The van der Waals surface area contributed by atoms with Gasteiger partial charge in [-0.25, -0.2) is 0 Å². The molecule has 2 N–H and O–H groups in total. The summed E-state index contributed by atoms with van der Waals surface area (Å²) >= 11 is 11.9. The van der Waals surface area contributed by atoms with Crippen LogP contribution >= 0.6 is 23.2 Å². The molecule has 18 heavy (non-hydrogen) atoms. The highest BCUT2D eigenvalue weighted by Crippen LogP contribution is 2.28. The number of hydrogen-bond donors (Lipinski definition) is 1. The molecule has 1 unspecified atom stereocenters. The summed E-state index contributed by atoms with van der Waals surface area (Å²) < 4.78 is 17.0. The zero-order chi connectivity index (χ0) is 13.1. The van der Waals surface area contributed by atoms with E-state index in [1.54, 1.807) is 18.2 Å². The summed E-state index contributed by atoms with van der Waals surface area (Å²) in [5.41, 5.74) is 5.34. The first-order valence-electron chi connectivity index (χ1n) is 4.95. The van der Waals surface area contributed by atoms with Crippen LogP contribution in [0.5, 0.6) is 0 Å². The maximum Gasteiger partial charge on any atom is 0.240 e. The molecule has 96 valence electrons. The third-order valence-corrected chi connectivity index (χ3v) is 4.36. The van der Waals surface area contributed by atoms with Crippen LogP contribution < -0.4 is 5.73 Å². The van der Waals surface area contributed by atoms with Crippen LogP contribution in [-0.2, 0) is 23.1 Å². The van der Waals surface area contributed by atoms with Gasteiger partial charge in [0.2, 0.25) is 5.89 Å². The Kier molecular flexibility index (Phi) is 4.34. The van der Waals surface area contributed by atoms with E-state index in [1.807, 2.05) is 0 Å². The quantitative estimate of drug-likeness (QED) is 0.936. The first kappa shape index (κ1) is 13.5. The molecule has 0 saturated carbocycles. The number of nitrogens with two attached hydrogens (primary N) is 1. The van der Waals surface area contributed by atoms with Crippen molar-refractivity contribution in [1.29, 1.82) is 0 Å². The molecule has 1 heterocycles. The third-order valence-electron chi connectivity index (χ3n) is 2.09. The molecule has 2 rings (SSSR count). The van der Waals surface area contributed by atoms with E-state index in [4.69, 9.17) is 33.5 Å². The molecule has 1 aromatic carbocycles. The van der Waals surface area contributed by atoms with Crippen LogP contribution in [0, 0.1) is 0 Å². The second-order valence-corrected chi connectivity index (χ2v) is 5.55. The topological polar surface area (TPSA) is 82.0 Å². The molecule has 0 aliphatic rings. The summed E-state index contributed by atoms with van der Waals surface area (Å²) in [6, 6.07) is 4.94. The second-order valence-electron chi connectivity index (χ2n) is 3.35. The van der Waals surface area contributed by atoms with Gasteiger partial charge in [0, 0.05) is 0 Å². The number of rotatable bonds is 4. The average Bonchev–Trinajstić information content (AvgIpc) is 2.76. The van der Waals surface area contributed by atoms with Gasteiger partial charge in [-0.3, -0.25) is 4.21 Å². The largest absolute Gasteiger partial charge is 0.338 e. The predicted molar refractivity (Wildman–Crippen MR) is 68.8 cm³/mol. The minimum absolute atomic E-state index is 0.0763. The molecule has 1 aromatic heterocycles. The molecule has 0 spiro atoms. The fraction of sp³-hybridized carbons (Fsp3) is 0.200. The van der Waals surface area contributed by atoms with Crippen molar-refractivity contribution in [2.75, 3.05) is 0 Å². The molecule has 8 heteroatoms. The van der Waals surface area contributed by atoms with Gasteiger partial charge in [0.15, 0.2) is 5.82 Å². The lowest BCUT2D eigenvalue weighted by Crippen LogP contribution is -2.01. The van der Waals surface area contributed by atoms with Crippen LogP contribution in [0.3, 0.4) is 0 Å². The number of nitrogens with zero attached hydrogens (tertiary/aromatic N) is 2. The Labute approximate surface area is 116 Å². The van der Waals surface area contributed by atoms with E-state index < -0.39 is 10.8 Å². The molecule has 0 aliphatic carbocycles. The number of aromatic nitrogens is 2. The SMILES string of the molecule is NCc1nc(CS(=O)c2c(Cl)cccc2Cl)no1. The minimum atomic E-state index is -1.44. The Balaban J connectivity index is 2.22. The third kappa shape index (κ3) is 2.89. The van der Waals surface area contributed by atoms with Gasteiger partial charge in [0.1, 0.15) is 0 Å². The van der Waals surface area contributed by atoms with Crippen LogP contribution in [0.15, 0.2) is 27.6 Å². The molecule has 0 fully saturated rings. The van der Waals surface area contributed by atoms with E-state index in [9.17, 15) is 4.21 Å². The van der Waals surface area contributed by atoms with Gasteiger partial charge in [-0.15, -0.1) is 0 Å². The van der Waals surface area contributed by atoms with Gasteiger partial charge in [0.25, 0.3) is 0 Å². The van der Waals surface area contributed by atoms with Crippen molar-refractivity contribution >= 4 is 34.0 Å². The molecular weight excluding hydrogens is 297 g/mol. The Morgan fingerprint density at radius 3 is 2.56 bits per heavy atom. The van der Waals surface area contributed by atoms with Crippen molar-refractivity contribution < 1.29 is 8.73 Å². The van der Waals surface area contributed by atoms with Crippen molar-refractivity contribution in [3.8, 4) is 0 Å². The van der Waals surface area contributed by atoms with Crippen molar-refractivity contribution in [1.82, 2.24) is 10.1 Å². The normalized spacial score (nSPS) is 12.6. The van der Waals surface area contributed by atoms with Crippen LogP contribution in [0.4, 0.5) is 0 Å². The van der Waals surface area contributed by atoms with Crippen molar-refractivity contribution in [2.45, 2.75) is 17.2 Å². The molecule has 0 amide bonds.